The van der Waals surface area contributed by atoms with Gasteiger partial charge < -0.3 is 11.7 Å². The molecule has 1 fully saturated rings. The quantitative estimate of drug-likeness (QED) is 0.221. The topological polar surface area (TPSA) is 17.1 Å². The van der Waals surface area contributed by atoms with Gasteiger partial charge in [-0.2, -0.15) is 6.42 Å². The monoisotopic (exact) mass is 562 g/mol. The van der Waals surface area contributed by atoms with Crippen molar-refractivity contribution in [3.8, 4) is 0 Å². The van der Waals surface area contributed by atoms with Gasteiger partial charge in [-0.25, -0.2) is 0 Å². The van der Waals surface area contributed by atoms with Crippen LogP contribution < -0.4 is 0 Å². The smallest absolute Gasteiger partial charge is 0.542 e. The van der Waals surface area contributed by atoms with Crippen molar-refractivity contribution >= 4 is 6.29 Å². The molecule has 0 radical (unpaired) electrons. The Hall–Kier alpha value is 0.722. The van der Waals surface area contributed by atoms with E-state index in [4.69, 9.17) is 0 Å². The first kappa shape index (κ1) is 29.5. The molecule has 0 bridgehead atoms. The predicted octanol–water partition coefficient (Wildman–Crippen LogP) is 7.55. The van der Waals surface area contributed by atoms with Crippen molar-refractivity contribution < 1.29 is 35.9 Å². The average Bonchev–Trinajstić information content (AvgIpc) is 2.52. The first-order valence-electron chi connectivity index (χ1n) is 10.1. The van der Waals surface area contributed by atoms with E-state index in [9.17, 15) is 4.79 Å². The van der Waals surface area contributed by atoms with E-state index >= 15 is 0 Å². The van der Waals surface area contributed by atoms with Gasteiger partial charge >= 0.3 is 31.1 Å². The number of unbranched alkanes of at least 4 members (excludes halogenated alkanes) is 7. The molecule has 0 aromatic carbocycles. The van der Waals surface area contributed by atoms with Crippen LogP contribution in [0.15, 0.2) is 0 Å². The van der Waals surface area contributed by atoms with Crippen LogP contribution in [-0.2, 0) is 4.79 Å². The first-order chi connectivity index (χ1) is 11.0. The van der Waals surface area contributed by atoms with Crippen LogP contribution >= 0.6 is 0 Å². The van der Waals surface area contributed by atoms with Gasteiger partial charge in [0.2, 0.25) is 0 Å². The van der Waals surface area contributed by atoms with Crippen LogP contribution in [0, 0.1) is 55.8 Å². The van der Waals surface area contributed by atoms with Gasteiger partial charge in [0.15, 0.2) is 0 Å². The molecule has 1 rings (SSSR count). The molecule has 2 heteroatoms. The van der Waals surface area contributed by atoms with E-state index < -0.39 is 0 Å². The van der Waals surface area contributed by atoms with Crippen molar-refractivity contribution in [3.05, 3.63) is 6.92 Å². The minimum Gasteiger partial charge on any atom is -0.542 e. The molecule has 0 N–H and O–H groups in total. The van der Waals surface area contributed by atoms with E-state index in [-0.39, 0.29) is 37.0 Å². The Kier molecular flexibility index (Phi) is 29.1. The van der Waals surface area contributed by atoms with Crippen molar-refractivity contribution in [2.24, 2.45) is 17.8 Å². The molecule has 0 heterocycles. The molecular formula is C22H44OU. The van der Waals surface area contributed by atoms with Crippen LogP contribution in [0.4, 0.5) is 0 Å². The summed E-state index contributed by atoms with van der Waals surface area (Å²) in [6.07, 6.45) is 17.6. The number of hydrogen-bond acceptors (Lipinski definition) is 1. The van der Waals surface area contributed by atoms with Gasteiger partial charge in [-0.05, 0) is 11.8 Å². The van der Waals surface area contributed by atoms with Crippen molar-refractivity contribution in [2.75, 3.05) is 0 Å². The molecule has 0 atom stereocenters. The Morgan fingerprint density at radius 2 is 1.33 bits per heavy atom. The van der Waals surface area contributed by atoms with E-state index in [0.717, 1.165) is 31.1 Å². The zero-order valence-electron chi connectivity index (χ0n) is 17.3. The summed E-state index contributed by atoms with van der Waals surface area (Å²) >= 11 is 0. The molecule has 0 aliphatic heterocycles. The van der Waals surface area contributed by atoms with E-state index in [0.29, 0.717) is 0 Å². The Bertz CT molecular complexity index is 209. The maximum atomic E-state index is 10.1. The molecule has 0 aromatic heterocycles. The van der Waals surface area contributed by atoms with Crippen molar-refractivity contribution in [2.45, 2.75) is 112 Å². The van der Waals surface area contributed by atoms with E-state index in [2.05, 4.69) is 47.8 Å². The second-order valence-corrected chi connectivity index (χ2v) is 7.78. The van der Waals surface area contributed by atoms with Gasteiger partial charge in [-0.1, -0.05) is 105 Å². The van der Waals surface area contributed by atoms with Gasteiger partial charge in [-0.3, -0.25) is 6.29 Å². The Morgan fingerprint density at radius 3 is 1.71 bits per heavy atom. The maximum absolute atomic E-state index is 10.1. The normalized spacial score (nSPS) is 19.3. The van der Waals surface area contributed by atoms with Crippen LogP contribution in [-0.4, -0.2) is 6.29 Å². The number of hydrogen-bond donors (Lipinski definition) is 0. The SMILES string of the molecule is CC(C)C.CC1CCC([C-]=O)CC1.[CH2-]CCCCCCCCC.[U+2]. The first-order valence-corrected chi connectivity index (χ1v) is 10.1. The minimum absolute atomic E-state index is 0. The van der Waals surface area contributed by atoms with Crippen molar-refractivity contribution in [1.82, 2.24) is 0 Å². The Labute approximate surface area is 177 Å². The van der Waals surface area contributed by atoms with Crippen LogP contribution in [0.1, 0.15) is 112 Å². The molecule has 0 unspecified atom stereocenters. The summed E-state index contributed by atoms with van der Waals surface area (Å²) < 4.78 is 0. The summed E-state index contributed by atoms with van der Waals surface area (Å²) in [7, 11) is 0. The summed E-state index contributed by atoms with van der Waals surface area (Å²) in [5.41, 5.74) is 0. The summed E-state index contributed by atoms with van der Waals surface area (Å²) in [6.45, 7) is 14.8. The van der Waals surface area contributed by atoms with Crippen LogP contribution in [0.5, 0.6) is 0 Å². The fourth-order valence-electron chi connectivity index (χ4n) is 2.51. The summed E-state index contributed by atoms with van der Waals surface area (Å²) in [5.74, 6) is 1.94. The van der Waals surface area contributed by atoms with E-state index in [1.165, 1.54) is 57.8 Å². The molecule has 0 aromatic rings. The number of carbonyl (C=O) groups excluding carboxylic acids is 1. The van der Waals surface area contributed by atoms with Crippen molar-refractivity contribution in [3.63, 3.8) is 0 Å². The third kappa shape index (κ3) is 27.6. The largest absolute Gasteiger partial charge is 2.00 e. The minimum atomic E-state index is 0. The molecule has 24 heavy (non-hydrogen) atoms. The standard InChI is InChI=1S/C10H21.C8H13O.C4H10.U/c1-3-5-7-9-10-8-6-4-2;1-7-2-4-8(6-9)5-3-7;1-4(2)3;/h1,3-10H2,2H3;7-8H,2-5H2,1H3;4H,1-3H3;/q2*-1;;+2. The van der Waals surface area contributed by atoms with Crippen LogP contribution in [0.25, 0.3) is 0 Å². The summed E-state index contributed by atoms with van der Waals surface area (Å²) in [4.78, 5) is 10.1. The van der Waals surface area contributed by atoms with Crippen LogP contribution in [0.2, 0.25) is 0 Å². The molecule has 0 amide bonds. The number of rotatable bonds is 8. The summed E-state index contributed by atoms with van der Waals surface area (Å²) in [5, 5.41) is 0. The van der Waals surface area contributed by atoms with E-state index in [1.807, 2.05) is 0 Å². The molecule has 0 saturated heterocycles. The van der Waals surface area contributed by atoms with E-state index in [1.54, 1.807) is 0 Å². The van der Waals surface area contributed by atoms with Crippen molar-refractivity contribution in [1.29, 1.82) is 0 Å². The Balaban J connectivity index is -0.000000292. The summed E-state index contributed by atoms with van der Waals surface area (Å²) in [6, 6.07) is 0. The second-order valence-electron chi connectivity index (χ2n) is 7.78. The molecule has 1 saturated carbocycles. The fraction of sp³-hybridized carbons (Fsp3) is 0.909. The Morgan fingerprint density at radius 1 is 0.917 bits per heavy atom. The zero-order chi connectivity index (χ0) is 17.9. The average molecular weight is 563 g/mol. The molecule has 1 nitrogen and oxygen atoms in total. The van der Waals surface area contributed by atoms with Gasteiger partial charge in [0.05, 0.1) is 0 Å². The van der Waals surface area contributed by atoms with Gasteiger partial charge in [0, 0.05) is 0 Å². The second kappa shape index (κ2) is 23.7. The molecule has 1 aliphatic rings. The zero-order valence-corrected chi connectivity index (χ0v) is 21.5. The van der Waals surface area contributed by atoms with Gasteiger partial charge in [0.1, 0.15) is 0 Å². The molecule has 142 valence electrons. The third-order valence-corrected chi connectivity index (χ3v) is 4.04. The van der Waals surface area contributed by atoms with Crippen LogP contribution in [0.3, 0.4) is 0 Å². The van der Waals surface area contributed by atoms with Gasteiger partial charge in [0.25, 0.3) is 0 Å². The maximum Gasteiger partial charge on any atom is 2.00 e. The molecular weight excluding hydrogens is 518 g/mol. The molecule has 1 aliphatic carbocycles. The molecule has 0 spiro atoms. The third-order valence-electron chi connectivity index (χ3n) is 4.04. The fourth-order valence-corrected chi connectivity index (χ4v) is 2.51. The predicted molar refractivity (Wildman–Crippen MR) is 105 cm³/mol. The van der Waals surface area contributed by atoms with Gasteiger partial charge in [-0.15, -0.1) is 5.92 Å².